The van der Waals surface area contributed by atoms with Crippen LogP contribution in [0.3, 0.4) is 0 Å². The smallest absolute Gasteiger partial charge is 0.178 e. The maximum Gasteiger partial charge on any atom is 0.178 e. The molecular formula is C14H20BrNO3. The number of benzene rings is 1. The highest BCUT2D eigenvalue weighted by molar-refractivity contribution is 9.10. The Bertz CT molecular complexity index is 419. The van der Waals surface area contributed by atoms with E-state index in [1.54, 1.807) is 6.07 Å². The molecule has 5 heteroatoms. The molecule has 0 aromatic heterocycles. The van der Waals surface area contributed by atoms with Crippen LogP contribution in [0.1, 0.15) is 31.6 Å². The Kier molecular flexibility index (Phi) is 5.21. The van der Waals surface area contributed by atoms with E-state index in [0.717, 1.165) is 42.8 Å². The van der Waals surface area contributed by atoms with Gasteiger partial charge in [0.15, 0.2) is 6.29 Å². The summed E-state index contributed by atoms with van der Waals surface area (Å²) >= 11 is 3.43. The SMILES string of the molecule is CCN(c1cc(Br)cc(C(O)O)c1)C1CCOCC1. The average Bonchev–Trinajstić information content (AvgIpc) is 2.40. The third kappa shape index (κ3) is 3.69. The van der Waals surface area contributed by atoms with Crippen molar-refractivity contribution in [3.05, 3.63) is 28.2 Å². The second kappa shape index (κ2) is 6.70. The van der Waals surface area contributed by atoms with Gasteiger partial charge in [0.05, 0.1) is 0 Å². The summed E-state index contributed by atoms with van der Waals surface area (Å²) in [6.07, 6.45) is 0.582. The van der Waals surface area contributed by atoms with Crippen molar-refractivity contribution in [2.75, 3.05) is 24.7 Å². The van der Waals surface area contributed by atoms with Gasteiger partial charge >= 0.3 is 0 Å². The van der Waals surface area contributed by atoms with Gasteiger partial charge in [-0.05, 0) is 38.0 Å². The molecule has 106 valence electrons. The molecule has 1 aliphatic rings. The van der Waals surface area contributed by atoms with Gasteiger partial charge < -0.3 is 19.8 Å². The summed E-state index contributed by atoms with van der Waals surface area (Å²) in [7, 11) is 0. The molecule has 1 saturated heterocycles. The minimum absolute atomic E-state index is 0.455. The number of rotatable bonds is 4. The zero-order valence-corrected chi connectivity index (χ0v) is 12.6. The van der Waals surface area contributed by atoms with Gasteiger partial charge in [0.2, 0.25) is 0 Å². The molecule has 0 saturated carbocycles. The van der Waals surface area contributed by atoms with Crippen LogP contribution in [0.15, 0.2) is 22.7 Å². The molecule has 1 aromatic rings. The fourth-order valence-corrected chi connectivity index (χ4v) is 3.06. The Morgan fingerprint density at radius 3 is 2.58 bits per heavy atom. The molecule has 1 fully saturated rings. The first-order valence-corrected chi connectivity index (χ1v) is 7.42. The van der Waals surface area contributed by atoms with Crippen LogP contribution in [-0.4, -0.2) is 36.0 Å². The summed E-state index contributed by atoms with van der Waals surface area (Å²) in [4.78, 5) is 2.30. The molecule has 0 spiro atoms. The number of halogens is 1. The molecule has 2 N–H and O–H groups in total. The second-order valence-corrected chi connectivity index (χ2v) is 5.66. The van der Waals surface area contributed by atoms with E-state index < -0.39 is 6.29 Å². The highest BCUT2D eigenvalue weighted by atomic mass is 79.9. The van der Waals surface area contributed by atoms with Crippen LogP contribution in [0.4, 0.5) is 5.69 Å². The number of nitrogens with zero attached hydrogens (tertiary/aromatic N) is 1. The van der Waals surface area contributed by atoms with E-state index in [9.17, 15) is 10.2 Å². The lowest BCUT2D eigenvalue weighted by Crippen LogP contribution is -2.39. The molecule has 4 nitrogen and oxygen atoms in total. The molecule has 0 bridgehead atoms. The summed E-state index contributed by atoms with van der Waals surface area (Å²) < 4.78 is 6.26. The summed E-state index contributed by atoms with van der Waals surface area (Å²) in [5.41, 5.74) is 1.53. The van der Waals surface area contributed by atoms with E-state index in [4.69, 9.17) is 4.74 Å². The number of hydrogen-bond donors (Lipinski definition) is 2. The van der Waals surface area contributed by atoms with Crippen molar-refractivity contribution in [3.63, 3.8) is 0 Å². The second-order valence-electron chi connectivity index (χ2n) is 4.75. The molecule has 0 amide bonds. The van der Waals surface area contributed by atoms with Crippen LogP contribution in [0.2, 0.25) is 0 Å². The number of aliphatic hydroxyl groups excluding tert-OH is 1. The number of aliphatic hydroxyl groups is 2. The molecule has 2 rings (SSSR count). The van der Waals surface area contributed by atoms with Crippen molar-refractivity contribution in [2.45, 2.75) is 32.1 Å². The number of ether oxygens (including phenoxy) is 1. The van der Waals surface area contributed by atoms with E-state index in [0.29, 0.717) is 11.6 Å². The van der Waals surface area contributed by atoms with Gasteiger partial charge in [0.1, 0.15) is 0 Å². The first-order chi connectivity index (χ1) is 9.11. The molecule has 1 aromatic carbocycles. The van der Waals surface area contributed by atoms with E-state index in [1.807, 2.05) is 12.1 Å². The minimum Gasteiger partial charge on any atom is -0.381 e. The predicted octanol–water partition coefficient (Wildman–Crippen LogP) is 2.44. The first kappa shape index (κ1) is 14.8. The van der Waals surface area contributed by atoms with Crippen LogP contribution in [0.5, 0.6) is 0 Å². The predicted molar refractivity (Wildman–Crippen MR) is 78.2 cm³/mol. The summed E-state index contributed by atoms with van der Waals surface area (Å²) in [5, 5.41) is 18.7. The first-order valence-electron chi connectivity index (χ1n) is 6.63. The van der Waals surface area contributed by atoms with Crippen molar-refractivity contribution >= 4 is 21.6 Å². The lowest BCUT2D eigenvalue weighted by atomic mass is 10.1. The van der Waals surface area contributed by atoms with Crippen LogP contribution < -0.4 is 4.90 Å². The van der Waals surface area contributed by atoms with Crippen LogP contribution in [-0.2, 0) is 4.74 Å². The third-order valence-electron chi connectivity index (χ3n) is 3.51. The van der Waals surface area contributed by atoms with Crippen molar-refractivity contribution in [1.29, 1.82) is 0 Å². The highest BCUT2D eigenvalue weighted by Crippen LogP contribution is 2.29. The van der Waals surface area contributed by atoms with Crippen molar-refractivity contribution < 1.29 is 14.9 Å². The van der Waals surface area contributed by atoms with Crippen molar-refractivity contribution in [3.8, 4) is 0 Å². The lowest BCUT2D eigenvalue weighted by Gasteiger charge is -2.35. The van der Waals surface area contributed by atoms with Crippen molar-refractivity contribution in [1.82, 2.24) is 0 Å². The highest BCUT2D eigenvalue weighted by Gasteiger charge is 2.21. The summed E-state index contributed by atoms with van der Waals surface area (Å²) in [6.45, 7) is 4.60. The standard InChI is InChI=1S/C14H20BrNO3/c1-2-16(12-3-5-19-6-4-12)13-8-10(14(17)18)7-11(15)9-13/h7-9,12,14,17-18H,2-6H2,1H3. The van der Waals surface area contributed by atoms with Gasteiger partial charge in [-0.25, -0.2) is 0 Å². The Morgan fingerprint density at radius 1 is 1.32 bits per heavy atom. The molecule has 1 aliphatic heterocycles. The minimum atomic E-state index is -1.44. The van der Waals surface area contributed by atoms with Crippen LogP contribution >= 0.6 is 15.9 Å². The molecular weight excluding hydrogens is 310 g/mol. The third-order valence-corrected chi connectivity index (χ3v) is 3.96. The van der Waals surface area contributed by atoms with E-state index in [2.05, 4.69) is 27.8 Å². The Hall–Kier alpha value is -0.620. The monoisotopic (exact) mass is 329 g/mol. The molecule has 0 unspecified atom stereocenters. The normalized spacial score (nSPS) is 16.9. The van der Waals surface area contributed by atoms with Gasteiger partial charge in [0.25, 0.3) is 0 Å². The van der Waals surface area contributed by atoms with Gasteiger partial charge in [-0.1, -0.05) is 15.9 Å². The van der Waals surface area contributed by atoms with Crippen LogP contribution in [0.25, 0.3) is 0 Å². The molecule has 0 aliphatic carbocycles. The van der Waals surface area contributed by atoms with E-state index >= 15 is 0 Å². The Morgan fingerprint density at radius 2 is 2.00 bits per heavy atom. The zero-order valence-electron chi connectivity index (χ0n) is 11.1. The maximum atomic E-state index is 9.33. The largest absolute Gasteiger partial charge is 0.381 e. The lowest BCUT2D eigenvalue weighted by molar-refractivity contribution is -0.0425. The fraction of sp³-hybridized carbons (Fsp3) is 0.571. The van der Waals surface area contributed by atoms with E-state index in [-0.39, 0.29) is 0 Å². The van der Waals surface area contributed by atoms with Gasteiger partial charge in [-0.2, -0.15) is 0 Å². The zero-order chi connectivity index (χ0) is 13.8. The Labute approximate surface area is 122 Å². The molecule has 0 radical (unpaired) electrons. The van der Waals surface area contributed by atoms with Gasteiger partial charge in [0, 0.05) is 41.5 Å². The topological polar surface area (TPSA) is 52.9 Å². The van der Waals surface area contributed by atoms with Crippen molar-refractivity contribution in [2.24, 2.45) is 0 Å². The maximum absolute atomic E-state index is 9.33. The summed E-state index contributed by atoms with van der Waals surface area (Å²) in [5.74, 6) is 0. The summed E-state index contributed by atoms with van der Waals surface area (Å²) in [6, 6.07) is 6.04. The molecule has 1 heterocycles. The Balaban J connectivity index is 2.26. The molecule has 19 heavy (non-hydrogen) atoms. The van der Waals surface area contributed by atoms with Gasteiger partial charge in [-0.15, -0.1) is 0 Å². The quantitative estimate of drug-likeness (QED) is 0.833. The number of hydrogen-bond acceptors (Lipinski definition) is 4. The number of anilines is 1. The average molecular weight is 330 g/mol. The van der Waals surface area contributed by atoms with E-state index in [1.165, 1.54) is 0 Å². The van der Waals surface area contributed by atoms with Gasteiger partial charge in [-0.3, -0.25) is 0 Å². The fourth-order valence-electron chi connectivity index (χ4n) is 2.56. The molecule has 0 atom stereocenters. The van der Waals surface area contributed by atoms with Crippen LogP contribution in [0, 0.1) is 0 Å².